The van der Waals surface area contributed by atoms with Crippen molar-refractivity contribution in [2.45, 2.75) is 0 Å². The fraction of sp³-hybridized carbons (Fsp3) is 0. The van der Waals surface area contributed by atoms with Crippen LogP contribution in [0.25, 0.3) is 11.3 Å². The summed E-state index contributed by atoms with van der Waals surface area (Å²) in [5, 5.41) is 9.13. The van der Waals surface area contributed by atoms with Gasteiger partial charge in [-0.05, 0) is 24.3 Å². The van der Waals surface area contributed by atoms with E-state index in [4.69, 9.17) is 22.4 Å². The van der Waals surface area contributed by atoms with E-state index in [1.54, 1.807) is 24.3 Å². The first kappa shape index (κ1) is 11.4. The van der Waals surface area contributed by atoms with Crippen molar-refractivity contribution in [1.29, 1.82) is 0 Å². The Bertz CT molecular complexity index is 567. The van der Waals surface area contributed by atoms with Crippen molar-refractivity contribution in [3.05, 3.63) is 47.1 Å². The van der Waals surface area contributed by atoms with Gasteiger partial charge in [0.1, 0.15) is 5.15 Å². The summed E-state index contributed by atoms with van der Waals surface area (Å²) < 4.78 is 0. The van der Waals surface area contributed by atoms with Crippen LogP contribution in [0.2, 0.25) is 5.15 Å². The van der Waals surface area contributed by atoms with Crippen molar-refractivity contribution >= 4 is 23.3 Å². The summed E-state index contributed by atoms with van der Waals surface area (Å²) in [6, 6.07) is 9.57. The number of halogens is 1. The standard InChI is InChI=1S/C12H9ClN2O2/c13-10-6-5-9(14)11(15-10)7-1-3-8(4-2-7)12(16)17/h1-6H,14H2,(H,16,17). The summed E-state index contributed by atoms with van der Waals surface area (Å²) in [6.07, 6.45) is 0. The number of benzene rings is 1. The van der Waals surface area contributed by atoms with E-state index >= 15 is 0 Å². The van der Waals surface area contributed by atoms with Gasteiger partial charge in [-0.15, -0.1) is 0 Å². The van der Waals surface area contributed by atoms with E-state index < -0.39 is 5.97 Å². The lowest BCUT2D eigenvalue weighted by atomic mass is 10.1. The van der Waals surface area contributed by atoms with Crippen molar-refractivity contribution < 1.29 is 9.90 Å². The molecule has 0 aliphatic rings. The van der Waals surface area contributed by atoms with Gasteiger partial charge in [-0.1, -0.05) is 23.7 Å². The van der Waals surface area contributed by atoms with Crippen molar-refractivity contribution in [2.24, 2.45) is 0 Å². The molecule has 2 rings (SSSR count). The lowest BCUT2D eigenvalue weighted by Gasteiger charge is -2.05. The molecule has 17 heavy (non-hydrogen) atoms. The van der Waals surface area contributed by atoms with Crippen LogP contribution in [0.5, 0.6) is 0 Å². The van der Waals surface area contributed by atoms with E-state index in [2.05, 4.69) is 4.98 Å². The number of aromatic carboxylic acids is 1. The smallest absolute Gasteiger partial charge is 0.335 e. The Hall–Kier alpha value is -2.07. The minimum atomic E-state index is -0.969. The highest BCUT2D eigenvalue weighted by Gasteiger charge is 2.07. The van der Waals surface area contributed by atoms with Crippen LogP contribution in [0.4, 0.5) is 5.69 Å². The van der Waals surface area contributed by atoms with Crippen LogP contribution < -0.4 is 5.73 Å². The molecule has 0 saturated carbocycles. The summed E-state index contributed by atoms with van der Waals surface area (Å²) in [5.74, 6) is -0.969. The number of hydrogen-bond acceptors (Lipinski definition) is 3. The number of aromatic nitrogens is 1. The van der Waals surface area contributed by atoms with Crippen molar-refractivity contribution in [2.75, 3.05) is 5.73 Å². The van der Waals surface area contributed by atoms with Gasteiger partial charge in [0.15, 0.2) is 0 Å². The van der Waals surface area contributed by atoms with E-state index in [-0.39, 0.29) is 5.56 Å². The first-order valence-electron chi connectivity index (χ1n) is 4.83. The molecule has 4 nitrogen and oxygen atoms in total. The molecular formula is C12H9ClN2O2. The third-order valence-corrected chi connectivity index (χ3v) is 2.51. The maximum absolute atomic E-state index is 10.7. The predicted octanol–water partition coefficient (Wildman–Crippen LogP) is 2.68. The quantitative estimate of drug-likeness (QED) is 0.801. The molecule has 0 fully saturated rings. The normalized spacial score (nSPS) is 10.2. The van der Waals surface area contributed by atoms with Gasteiger partial charge in [0.2, 0.25) is 0 Å². The summed E-state index contributed by atoms with van der Waals surface area (Å²) in [4.78, 5) is 14.8. The first-order chi connectivity index (χ1) is 8.08. The minimum Gasteiger partial charge on any atom is -0.478 e. The zero-order valence-electron chi connectivity index (χ0n) is 8.72. The van der Waals surface area contributed by atoms with Gasteiger partial charge in [-0.25, -0.2) is 9.78 Å². The summed E-state index contributed by atoms with van der Waals surface area (Å²) in [7, 11) is 0. The van der Waals surface area contributed by atoms with Crippen LogP contribution in [0.15, 0.2) is 36.4 Å². The van der Waals surface area contributed by atoms with Gasteiger partial charge in [0, 0.05) is 5.56 Å². The fourth-order valence-corrected chi connectivity index (χ4v) is 1.60. The maximum Gasteiger partial charge on any atom is 0.335 e. The highest BCUT2D eigenvalue weighted by atomic mass is 35.5. The molecule has 1 aromatic heterocycles. The second-order valence-corrected chi connectivity index (χ2v) is 3.84. The number of nitrogens with zero attached hydrogens (tertiary/aromatic N) is 1. The lowest BCUT2D eigenvalue weighted by Crippen LogP contribution is -1.97. The Morgan fingerprint density at radius 2 is 1.82 bits per heavy atom. The topological polar surface area (TPSA) is 76.2 Å². The second kappa shape index (κ2) is 4.43. The zero-order chi connectivity index (χ0) is 12.4. The Balaban J connectivity index is 2.46. The average molecular weight is 249 g/mol. The molecule has 0 bridgehead atoms. The summed E-state index contributed by atoms with van der Waals surface area (Å²) in [5.41, 5.74) is 7.78. The number of rotatable bonds is 2. The third kappa shape index (κ3) is 2.37. The lowest BCUT2D eigenvalue weighted by molar-refractivity contribution is 0.0697. The van der Waals surface area contributed by atoms with E-state index in [9.17, 15) is 4.79 Å². The van der Waals surface area contributed by atoms with E-state index in [1.165, 1.54) is 12.1 Å². The zero-order valence-corrected chi connectivity index (χ0v) is 9.48. The summed E-state index contributed by atoms with van der Waals surface area (Å²) >= 11 is 5.79. The van der Waals surface area contributed by atoms with Crippen LogP contribution in [0.3, 0.4) is 0 Å². The van der Waals surface area contributed by atoms with Crippen LogP contribution in [0.1, 0.15) is 10.4 Å². The van der Waals surface area contributed by atoms with E-state index in [1.807, 2.05) is 0 Å². The molecule has 0 amide bonds. The number of nitrogen functional groups attached to an aromatic ring is 1. The fourth-order valence-electron chi connectivity index (χ4n) is 1.45. The molecule has 0 spiro atoms. The molecule has 2 aromatic rings. The predicted molar refractivity (Wildman–Crippen MR) is 66.1 cm³/mol. The first-order valence-corrected chi connectivity index (χ1v) is 5.21. The van der Waals surface area contributed by atoms with Gasteiger partial charge >= 0.3 is 5.97 Å². The van der Waals surface area contributed by atoms with Crippen LogP contribution in [-0.2, 0) is 0 Å². The SMILES string of the molecule is Nc1ccc(Cl)nc1-c1ccc(C(=O)O)cc1. The molecule has 0 aliphatic carbocycles. The second-order valence-electron chi connectivity index (χ2n) is 3.45. The number of carboxylic acid groups (broad SMARTS) is 1. The molecule has 3 N–H and O–H groups in total. The third-order valence-electron chi connectivity index (χ3n) is 2.30. The largest absolute Gasteiger partial charge is 0.478 e. The number of nitrogens with two attached hydrogens (primary N) is 1. The average Bonchev–Trinajstić information content (AvgIpc) is 2.32. The maximum atomic E-state index is 10.7. The van der Waals surface area contributed by atoms with Gasteiger partial charge in [0.05, 0.1) is 16.9 Å². The highest BCUT2D eigenvalue weighted by molar-refractivity contribution is 6.29. The van der Waals surface area contributed by atoms with Gasteiger partial charge in [0.25, 0.3) is 0 Å². The Morgan fingerprint density at radius 1 is 1.18 bits per heavy atom. The number of hydrogen-bond donors (Lipinski definition) is 2. The monoisotopic (exact) mass is 248 g/mol. The Morgan fingerprint density at radius 3 is 2.41 bits per heavy atom. The highest BCUT2D eigenvalue weighted by Crippen LogP contribution is 2.25. The molecule has 0 saturated heterocycles. The summed E-state index contributed by atoms with van der Waals surface area (Å²) in [6.45, 7) is 0. The van der Waals surface area contributed by atoms with E-state index in [0.29, 0.717) is 16.5 Å². The van der Waals surface area contributed by atoms with Crippen molar-refractivity contribution in [1.82, 2.24) is 4.98 Å². The van der Waals surface area contributed by atoms with Gasteiger partial charge in [-0.2, -0.15) is 0 Å². The van der Waals surface area contributed by atoms with Gasteiger partial charge in [-0.3, -0.25) is 0 Å². The molecule has 0 atom stereocenters. The molecule has 0 aliphatic heterocycles. The molecule has 86 valence electrons. The Labute approximate surface area is 103 Å². The molecule has 0 unspecified atom stereocenters. The van der Waals surface area contributed by atoms with Crippen LogP contribution in [0, 0.1) is 0 Å². The number of anilines is 1. The molecule has 1 aromatic carbocycles. The molecule has 1 heterocycles. The van der Waals surface area contributed by atoms with Crippen LogP contribution >= 0.6 is 11.6 Å². The minimum absolute atomic E-state index is 0.217. The van der Waals surface area contributed by atoms with Crippen molar-refractivity contribution in [3.8, 4) is 11.3 Å². The molecular weight excluding hydrogens is 240 g/mol. The number of carboxylic acids is 1. The number of pyridine rings is 1. The Kier molecular flexibility index (Phi) is 2.97. The van der Waals surface area contributed by atoms with E-state index in [0.717, 1.165) is 5.56 Å². The van der Waals surface area contributed by atoms with Gasteiger partial charge < -0.3 is 10.8 Å². The number of carbonyl (C=O) groups is 1. The molecule has 0 radical (unpaired) electrons. The molecule has 5 heteroatoms. The van der Waals surface area contributed by atoms with Crippen molar-refractivity contribution in [3.63, 3.8) is 0 Å². The van der Waals surface area contributed by atoms with Crippen LogP contribution in [-0.4, -0.2) is 16.1 Å².